The number of halogens is 4. The number of hydrogen-bond donors (Lipinski definition) is 1. The molecule has 1 amide bonds. The Kier molecular flexibility index (Phi) is 4.97. The number of nitrogens with zero attached hydrogens (tertiary/aromatic N) is 1. The molecule has 0 saturated carbocycles. The van der Waals surface area contributed by atoms with Crippen LogP contribution in [0.25, 0.3) is 10.9 Å². The molecule has 0 spiro atoms. The number of alkyl halides is 3. The normalized spacial score (nSPS) is 11.5. The number of rotatable bonds is 3. The Labute approximate surface area is 157 Å². The van der Waals surface area contributed by atoms with Crippen LogP contribution in [0.2, 0.25) is 5.02 Å². The zero-order chi connectivity index (χ0) is 19.8. The molecule has 0 radical (unpaired) electrons. The molecule has 1 N–H and O–H groups in total. The molecule has 0 atom stereocenters. The second-order valence-corrected chi connectivity index (χ2v) is 6.26. The van der Waals surface area contributed by atoms with Gasteiger partial charge in [0.05, 0.1) is 23.7 Å². The number of ether oxygens (including phenoxy) is 1. The number of carbonyl (C=O) groups is 1. The minimum atomic E-state index is -4.61. The van der Waals surface area contributed by atoms with Crippen molar-refractivity contribution in [1.29, 1.82) is 0 Å². The van der Waals surface area contributed by atoms with E-state index in [1.807, 2.05) is 0 Å². The lowest BCUT2D eigenvalue weighted by molar-refractivity contribution is -0.141. The second-order valence-electron chi connectivity index (χ2n) is 5.82. The summed E-state index contributed by atoms with van der Waals surface area (Å²) in [4.78, 5) is 16.2. The summed E-state index contributed by atoms with van der Waals surface area (Å²) >= 11 is 5.82. The fraction of sp³-hybridized carbons (Fsp3) is 0.158. The minimum absolute atomic E-state index is 0.0255. The van der Waals surface area contributed by atoms with E-state index >= 15 is 0 Å². The van der Waals surface area contributed by atoms with Gasteiger partial charge in [-0.15, -0.1) is 0 Å². The Hall–Kier alpha value is -2.80. The molecule has 1 heterocycles. The van der Waals surface area contributed by atoms with Crippen molar-refractivity contribution in [1.82, 2.24) is 4.98 Å². The second kappa shape index (κ2) is 7.08. The smallest absolute Gasteiger partial charge is 0.433 e. The van der Waals surface area contributed by atoms with Crippen molar-refractivity contribution >= 4 is 34.1 Å². The van der Waals surface area contributed by atoms with Crippen LogP contribution in [0.4, 0.5) is 18.9 Å². The maximum atomic E-state index is 13.1. The number of fused-ring (bicyclic) bond motifs is 1. The van der Waals surface area contributed by atoms with Crippen molar-refractivity contribution in [2.75, 3.05) is 12.4 Å². The summed E-state index contributed by atoms with van der Waals surface area (Å²) in [6, 6.07) is 10.1. The Morgan fingerprint density at radius 3 is 2.41 bits per heavy atom. The van der Waals surface area contributed by atoms with E-state index in [1.54, 1.807) is 37.3 Å². The molecule has 3 aromatic rings. The van der Waals surface area contributed by atoms with E-state index in [0.29, 0.717) is 27.2 Å². The predicted octanol–water partition coefficient (Wildman–Crippen LogP) is 5.48. The molecule has 0 saturated heterocycles. The zero-order valence-electron chi connectivity index (χ0n) is 14.3. The molecule has 2 aromatic carbocycles. The van der Waals surface area contributed by atoms with E-state index in [4.69, 9.17) is 16.3 Å². The summed E-state index contributed by atoms with van der Waals surface area (Å²) in [6.07, 6.45) is -4.61. The number of hydrogen-bond acceptors (Lipinski definition) is 3. The predicted molar refractivity (Wildman–Crippen MR) is 97.4 cm³/mol. The van der Waals surface area contributed by atoms with Gasteiger partial charge in [0, 0.05) is 16.7 Å². The quantitative estimate of drug-likeness (QED) is 0.640. The van der Waals surface area contributed by atoms with Crippen LogP contribution < -0.4 is 10.1 Å². The van der Waals surface area contributed by atoms with Crippen molar-refractivity contribution in [3.05, 3.63) is 64.3 Å². The highest BCUT2D eigenvalue weighted by Crippen LogP contribution is 2.38. The van der Waals surface area contributed by atoms with Crippen LogP contribution in [-0.2, 0) is 6.18 Å². The molecule has 0 bridgehead atoms. The number of benzene rings is 2. The van der Waals surface area contributed by atoms with Crippen LogP contribution in [0.15, 0.2) is 42.5 Å². The number of anilines is 1. The van der Waals surface area contributed by atoms with Crippen molar-refractivity contribution in [3.8, 4) is 5.75 Å². The monoisotopic (exact) mass is 394 g/mol. The molecule has 27 heavy (non-hydrogen) atoms. The molecular weight excluding hydrogens is 381 g/mol. The minimum Gasteiger partial charge on any atom is -0.496 e. The van der Waals surface area contributed by atoms with Gasteiger partial charge in [0.25, 0.3) is 5.91 Å². The Balaban J connectivity index is 2.13. The Bertz CT molecular complexity index is 1020. The summed E-state index contributed by atoms with van der Waals surface area (Å²) in [7, 11) is 1.27. The first-order chi connectivity index (χ1) is 12.7. The van der Waals surface area contributed by atoms with Crippen LogP contribution in [-0.4, -0.2) is 18.0 Å². The Morgan fingerprint density at radius 1 is 1.15 bits per heavy atom. The summed E-state index contributed by atoms with van der Waals surface area (Å²) in [5.74, 6) is -0.452. The highest BCUT2D eigenvalue weighted by atomic mass is 35.5. The third-order valence-corrected chi connectivity index (χ3v) is 4.25. The third kappa shape index (κ3) is 3.83. The van der Waals surface area contributed by atoms with E-state index < -0.39 is 17.8 Å². The fourth-order valence-corrected chi connectivity index (χ4v) is 2.78. The van der Waals surface area contributed by atoms with E-state index in [1.165, 1.54) is 13.2 Å². The van der Waals surface area contributed by atoms with Gasteiger partial charge in [-0.3, -0.25) is 4.79 Å². The molecular formula is C19H14ClF3N2O2. The van der Waals surface area contributed by atoms with Crippen LogP contribution in [0.5, 0.6) is 5.75 Å². The largest absolute Gasteiger partial charge is 0.496 e. The number of amides is 1. The fourth-order valence-electron chi connectivity index (χ4n) is 2.65. The molecule has 0 aliphatic carbocycles. The van der Waals surface area contributed by atoms with Crippen LogP contribution in [0.3, 0.4) is 0 Å². The van der Waals surface area contributed by atoms with Gasteiger partial charge in [-0.25, -0.2) is 4.98 Å². The number of methoxy groups -OCH3 is 1. The van der Waals surface area contributed by atoms with E-state index in [0.717, 1.165) is 6.07 Å². The first-order valence-electron chi connectivity index (χ1n) is 7.83. The first kappa shape index (κ1) is 19.0. The maximum absolute atomic E-state index is 13.1. The summed E-state index contributed by atoms with van der Waals surface area (Å²) in [5, 5.41) is 3.52. The molecule has 1 aromatic heterocycles. The molecule has 140 valence electrons. The topological polar surface area (TPSA) is 51.2 Å². The Morgan fingerprint density at radius 2 is 1.81 bits per heavy atom. The first-order valence-corrected chi connectivity index (χ1v) is 8.21. The standard InChI is InChI=1S/C19H14ClF3N2O2/c1-10-3-8-13-16(14(27-2)9-15(24-13)19(21,22)23)17(10)25-18(26)11-4-6-12(20)7-5-11/h3-9H,1-2H3,(H,25,26). The van der Waals surface area contributed by atoms with E-state index in [9.17, 15) is 18.0 Å². The number of aryl methyl sites for hydroxylation is 1. The summed E-state index contributed by atoms with van der Waals surface area (Å²) in [5.41, 5.74) is 0.356. The molecule has 0 aliphatic rings. The molecule has 3 rings (SSSR count). The van der Waals surface area contributed by atoms with Crippen LogP contribution >= 0.6 is 11.6 Å². The average Bonchev–Trinajstić information content (AvgIpc) is 2.62. The average molecular weight is 395 g/mol. The van der Waals surface area contributed by atoms with Gasteiger partial charge in [0.1, 0.15) is 11.4 Å². The molecule has 4 nitrogen and oxygen atoms in total. The number of carbonyl (C=O) groups excluding carboxylic acids is 1. The number of aromatic nitrogens is 1. The SMILES string of the molecule is COc1cc(C(F)(F)F)nc2ccc(C)c(NC(=O)c3ccc(Cl)cc3)c12. The van der Waals surface area contributed by atoms with Gasteiger partial charge in [0.15, 0.2) is 0 Å². The van der Waals surface area contributed by atoms with Crippen molar-refractivity contribution in [3.63, 3.8) is 0 Å². The van der Waals surface area contributed by atoms with Gasteiger partial charge in [-0.05, 0) is 42.8 Å². The van der Waals surface area contributed by atoms with Crippen molar-refractivity contribution in [2.24, 2.45) is 0 Å². The lowest BCUT2D eigenvalue weighted by Gasteiger charge is -2.16. The zero-order valence-corrected chi connectivity index (χ0v) is 15.1. The highest BCUT2D eigenvalue weighted by molar-refractivity contribution is 6.30. The summed E-state index contributed by atoms with van der Waals surface area (Å²) < 4.78 is 44.4. The maximum Gasteiger partial charge on any atom is 0.433 e. The van der Waals surface area contributed by atoms with Gasteiger partial charge >= 0.3 is 6.18 Å². The van der Waals surface area contributed by atoms with Gasteiger partial charge in [0.2, 0.25) is 0 Å². The lowest BCUT2D eigenvalue weighted by atomic mass is 10.1. The summed E-state index contributed by atoms with van der Waals surface area (Å²) in [6.45, 7) is 1.73. The van der Waals surface area contributed by atoms with Crippen LogP contribution in [0, 0.1) is 6.92 Å². The number of pyridine rings is 1. The van der Waals surface area contributed by atoms with Crippen molar-refractivity contribution in [2.45, 2.75) is 13.1 Å². The third-order valence-electron chi connectivity index (χ3n) is 4.00. The molecule has 0 unspecified atom stereocenters. The van der Waals surface area contributed by atoms with Gasteiger partial charge in [-0.2, -0.15) is 13.2 Å². The van der Waals surface area contributed by atoms with E-state index in [2.05, 4.69) is 10.3 Å². The highest BCUT2D eigenvalue weighted by Gasteiger charge is 2.34. The number of nitrogens with one attached hydrogen (secondary N) is 1. The molecule has 0 aliphatic heterocycles. The van der Waals surface area contributed by atoms with Gasteiger partial charge in [-0.1, -0.05) is 17.7 Å². The van der Waals surface area contributed by atoms with Gasteiger partial charge < -0.3 is 10.1 Å². The lowest BCUT2D eigenvalue weighted by Crippen LogP contribution is -2.14. The molecule has 8 heteroatoms. The molecule has 0 fully saturated rings. The van der Waals surface area contributed by atoms with Crippen LogP contribution in [0.1, 0.15) is 21.6 Å². The van der Waals surface area contributed by atoms with Crippen molar-refractivity contribution < 1.29 is 22.7 Å². The van der Waals surface area contributed by atoms with E-state index in [-0.39, 0.29) is 11.3 Å².